The van der Waals surface area contributed by atoms with Gasteiger partial charge in [-0.3, -0.25) is 0 Å². The van der Waals surface area contributed by atoms with Crippen molar-refractivity contribution in [1.29, 1.82) is 0 Å². The number of nitrogens with one attached hydrogen (secondary N) is 1. The Kier molecular flexibility index (Phi) is 5.58. The van der Waals surface area contributed by atoms with Gasteiger partial charge in [-0.2, -0.15) is 0 Å². The molecule has 1 aliphatic heterocycles. The van der Waals surface area contributed by atoms with Crippen molar-refractivity contribution in [2.75, 3.05) is 40.3 Å². The molecule has 1 rings (SSSR count). The van der Waals surface area contributed by atoms with Crippen molar-refractivity contribution >= 4 is 0 Å². The SMILES string of the molecule is CC(C)N1CCC(NCCN(C)C)CC1. The lowest BCUT2D eigenvalue weighted by atomic mass is 10.0. The Hall–Kier alpha value is -0.120. The van der Waals surface area contributed by atoms with Gasteiger partial charge in [-0.15, -0.1) is 0 Å². The Morgan fingerprint density at radius 1 is 1.27 bits per heavy atom. The zero-order valence-corrected chi connectivity index (χ0v) is 10.8. The third-order valence-electron chi connectivity index (χ3n) is 3.25. The maximum Gasteiger partial charge on any atom is 0.0101 e. The highest BCUT2D eigenvalue weighted by molar-refractivity contribution is 4.78. The van der Waals surface area contributed by atoms with Gasteiger partial charge in [-0.1, -0.05) is 0 Å². The molecule has 1 heterocycles. The van der Waals surface area contributed by atoms with Gasteiger partial charge < -0.3 is 15.1 Å². The number of likely N-dealkylation sites (tertiary alicyclic amines) is 1. The van der Waals surface area contributed by atoms with Crippen LogP contribution in [0.5, 0.6) is 0 Å². The van der Waals surface area contributed by atoms with Gasteiger partial charge in [0.1, 0.15) is 0 Å². The minimum atomic E-state index is 0.715. The number of hydrogen-bond acceptors (Lipinski definition) is 3. The first kappa shape index (κ1) is 12.9. The summed E-state index contributed by atoms with van der Waals surface area (Å²) >= 11 is 0. The molecule has 0 atom stereocenters. The molecule has 0 saturated carbocycles. The van der Waals surface area contributed by atoms with Crippen molar-refractivity contribution in [1.82, 2.24) is 15.1 Å². The molecule has 3 nitrogen and oxygen atoms in total. The summed E-state index contributed by atoms with van der Waals surface area (Å²) in [6.45, 7) is 9.37. The quantitative estimate of drug-likeness (QED) is 0.735. The summed E-state index contributed by atoms with van der Waals surface area (Å²) in [6.07, 6.45) is 2.62. The average Bonchev–Trinajstić information content (AvgIpc) is 2.18. The molecule has 1 N–H and O–H groups in total. The van der Waals surface area contributed by atoms with Crippen molar-refractivity contribution in [2.24, 2.45) is 0 Å². The van der Waals surface area contributed by atoms with E-state index in [9.17, 15) is 0 Å². The van der Waals surface area contributed by atoms with Gasteiger partial charge in [0.15, 0.2) is 0 Å². The summed E-state index contributed by atoms with van der Waals surface area (Å²) in [5, 5.41) is 3.64. The molecule has 3 heteroatoms. The Bertz CT molecular complexity index is 157. The van der Waals surface area contributed by atoms with Crippen LogP contribution in [-0.2, 0) is 0 Å². The maximum absolute atomic E-state index is 3.64. The van der Waals surface area contributed by atoms with Crippen LogP contribution < -0.4 is 5.32 Å². The van der Waals surface area contributed by atoms with Crippen LogP contribution in [0.25, 0.3) is 0 Å². The number of nitrogens with zero attached hydrogens (tertiary/aromatic N) is 2. The monoisotopic (exact) mass is 213 g/mol. The first-order valence-corrected chi connectivity index (χ1v) is 6.21. The second-order valence-corrected chi connectivity index (χ2v) is 5.16. The van der Waals surface area contributed by atoms with Gasteiger partial charge >= 0.3 is 0 Å². The lowest BCUT2D eigenvalue weighted by Gasteiger charge is -2.35. The third-order valence-corrected chi connectivity index (χ3v) is 3.25. The fourth-order valence-electron chi connectivity index (χ4n) is 2.11. The number of rotatable bonds is 5. The van der Waals surface area contributed by atoms with Gasteiger partial charge in [-0.05, 0) is 53.9 Å². The lowest BCUT2D eigenvalue weighted by Crippen LogP contribution is -2.46. The van der Waals surface area contributed by atoms with Crippen molar-refractivity contribution < 1.29 is 0 Å². The molecule has 0 aromatic carbocycles. The summed E-state index contributed by atoms with van der Waals surface area (Å²) < 4.78 is 0. The average molecular weight is 213 g/mol. The molecule has 1 saturated heterocycles. The van der Waals surface area contributed by atoms with Crippen LogP contribution in [0.4, 0.5) is 0 Å². The highest BCUT2D eigenvalue weighted by Gasteiger charge is 2.19. The number of likely N-dealkylation sites (N-methyl/N-ethyl adjacent to an activating group) is 1. The largest absolute Gasteiger partial charge is 0.313 e. The fraction of sp³-hybridized carbons (Fsp3) is 1.00. The zero-order chi connectivity index (χ0) is 11.3. The molecule has 0 aromatic heterocycles. The zero-order valence-electron chi connectivity index (χ0n) is 10.8. The summed E-state index contributed by atoms with van der Waals surface area (Å²) in [5.41, 5.74) is 0. The second-order valence-electron chi connectivity index (χ2n) is 5.16. The number of hydrogen-bond donors (Lipinski definition) is 1. The summed E-state index contributed by atoms with van der Waals surface area (Å²) in [6, 6.07) is 1.47. The van der Waals surface area contributed by atoms with Crippen LogP contribution in [-0.4, -0.2) is 62.2 Å². The Labute approximate surface area is 94.8 Å². The molecule has 0 radical (unpaired) electrons. The van der Waals surface area contributed by atoms with E-state index in [-0.39, 0.29) is 0 Å². The first-order chi connectivity index (χ1) is 7.09. The van der Waals surface area contributed by atoms with E-state index in [2.05, 4.69) is 43.1 Å². The van der Waals surface area contributed by atoms with Crippen LogP contribution in [0.3, 0.4) is 0 Å². The van der Waals surface area contributed by atoms with Crippen molar-refractivity contribution in [3.8, 4) is 0 Å². The fourth-order valence-corrected chi connectivity index (χ4v) is 2.11. The van der Waals surface area contributed by atoms with Crippen LogP contribution in [0.2, 0.25) is 0 Å². The van der Waals surface area contributed by atoms with Gasteiger partial charge in [0.05, 0.1) is 0 Å². The predicted octanol–water partition coefficient (Wildman–Crippen LogP) is 1.01. The third kappa shape index (κ3) is 4.96. The first-order valence-electron chi connectivity index (χ1n) is 6.21. The highest BCUT2D eigenvalue weighted by Crippen LogP contribution is 2.12. The van der Waals surface area contributed by atoms with Crippen LogP contribution in [0, 0.1) is 0 Å². The Morgan fingerprint density at radius 2 is 1.87 bits per heavy atom. The normalized spacial score (nSPS) is 20.4. The predicted molar refractivity (Wildman–Crippen MR) is 66.3 cm³/mol. The summed E-state index contributed by atoms with van der Waals surface area (Å²) in [5.74, 6) is 0. The van der Waals surface area contributed by atoms with E-state index < -0.39 is 0 Å². The minimum Gasteiger partial charge on any atom is -0.313 e. The Morgan fingerprint density at radius 3 is 2.33 bits per heavy atom. The second kappa shape index (κ2) is 6.46. The van der Waals surface area contributed by atoms with Crippen LogP contribution in [0.15, 0.2) is 0 Å². The van der Waals surface area contributed by atoms with Crippen LogP contribution in [0.1, 0.15) is 26.7 Å². The molecule has 90 valence electrons. The van der Waals surface area contributed by atoms with E-state index in [1.54, 1.807) is 0 Å². The van der Waals surface area contributed by atoms with Gasteiger partial charge in [-0.25, -0.2) is 0 Å². The van der Waals surface area contributed by atoms with E-state index in [0.717, 1.165) is 19.1 Å². The highest BCUT2D eigenvalue weighted by atomic mass is 15.2. The Balaban J connectivity index is 2.09. The van der Waals surface area contributed by atoms with Gasteiger partial charge in [0.25, 0.3) is 0 Å². The van der Waals surface area contributed by atoms with Crippen molar-refractivity contribution in [3.05, 3.63) is 0 Å². The van der Waals surface area contributed by atoms with E-state index in [4.69, 9.17) is 0 Å². The molecule has 0 spiro atoms. The molecular formula is C12H27N3. The standard InChI is InChI=1S/C12H27N3/c1-11(2)15-8-5-12(6-9-15)13-7-10-14(3)4/h11-13H,5-10H2,1-4H3. The van der Waals surface area contributed by atoms with Gasteiger partial charge in [0.2, 0.25) is 0 Å². The van der Waals surface area contributed by atoms with Gasteiger partial charge in [0, 0.05) is 25.2 Å². The van der Waals surface area contributed by atoms with E-state index >= 15 is 0 Å². The molecule has 15 heavy (non-hydrogen) atoms. The maximum atomic E-state index is 3.64. The molecular weight excluding hydrogens is 186 g/mol. The van der Waals surface area contributed by atoms with E-state index in [1.807, 2.05) is 0 Å². The minimum absolute atomic E-state index is 0.715. The van der Waals surface area contributed by atoms with Crippen molar-refractivity contribution in [2.45, 2.75) is 38.8 Å². The molecule has 0 aromatic rings. The summed E-state index contributed by atoms with van der Waals surface area (Å²) in [7, 11) is 4.26. The lowest BCUT2D eigenvalue weighted by molar-refractivity contribution is 0.160. The molecule has 1 aliphatic rings. The summed E-state index contributed by atoms with van der Waals surface area (Å²) in [4.78, 5) is 4.81. The number of piperidine rings is 1. The van der Waals surface area contributed by atoms with Crippen molar-refractivity contribution in [3.63, 3.8) is 0 Å². The van der Waals surface area contributed by atoms with E-state index in [0.29, 0.717) is 6.04 Å². The molecule has 0 amide bonds. The van der Waals surface area contributed by atoms with E-state index in [1.165, 1.54) is 25.9 Å². The van der Waals surface area contributed by atoms with Crippen LogP contribution >= 0.6 is 0 Å². The molecule has 0 bridgehead atoms. The topological polar surface area (TPSA) is 18.5 Å². The molecule has 0 aliphatic carbocycles. The smallest absolute Gasteiger partial charge is 0.0101 e. The molecule has 0 unspecified atom stereocenters. The molecule has 1 fully saturated rings.